The molecular formula is C26H24N6O8. The fourth-order valence-electron chi connectivity index (χ4n) is 3.09. The van der Waals surface area contributed by atoms with Gasteiger partial charge in [0.15, 0.2) is 23.0 Å². The van der Waals surface area contributed by atoms with Gasteiger partial charge in [-0.2, -0.15) is 0 Å². The number of anilines is 2. The molecule has 0 aliphatic rings. The molecule has 2 aromatic carbocycles. The van der Waals surface area contributed by atoms with Crippen LogP contribution in [0.25, 0.3) is 0 Å². The monoisotopic (exact) mass is 548 g/mol. The van der Waals surface area contributed by atoms with E-state index >= 15 is 0 Å². The van der Waals surface area contributed by atoms with E-state index in [-0.39, 0.29) is 37.1 Å². The van der Waals surface area contributed by atoms with E-state index in [4.69, 9.17) is 20.9 Å². The maximum atomic E-state index is 12.4. The fraction of sp³-hybridized carbons (Fsp3) is 0.154. The molecule has 2 amide bonds. The van der Waals surface area contributed by atoms with Crippen molar-refractivity contribution >= 4 is 47.3 Å². The van der Waals surface area contributed by atoms with Gasteiger partial charge < -0.3 is 31.6 Å². The van der Waals surface area contributed by atoms with Crippen LogP contribution in [-0.2, 0) is 19.1 Å². The average molecular weight is 549 g/mol. The number of benzene rings is 2. The summed E-state index contributed by atoms with van der Waals surface area (Å²) >= 11 is 0. The molecule has 0 spiro atoms. The van der Waals surface area contributed by atoms with E-state index in [9.17, 15) is 28.8 Å². The summed E-state index contributed by atoms with van der Waals surface area (Å²) in [5.41, 5.74) is 11.1. The number of carbonyl (C=O) groups is 6. The summed E-state index contributed by atoms with van der Waals surface area (Å²) in [6, 6.07) is 15.8. The van der Waals surface area contributed by atoms with E-state index in [0.717, 1.165) is 0 Å². The maximum Gasteiger partial charge on any atom is 0.345 e. The largest absolute Gasteiger partial charge is 0.389 e. The van der Waals surface area contributed by atoms with Gasteiger partial charge in [-0.3, -0.25) is 19.2 Å². The van der Waals surface area contributed by atoms with E-state index in [1.807, 2.05) is 0 Å². The molecule has 6 N–H and O–H groups in total. The number of aromatic nitrogens is 2. The summed E-state index contributed by atoms with van der Waals surface area (Å²) in [4.78, 5) is 80.0. The summed E-state index contributed by atoms with van der Waals surface area (Å²) in [5.74, 6) is -5.91. The molecule has 1 heterocycles. The highest BCUT2D eigenvalue weighted by molar-refractivity contribution is 6.01. The maximum absolute atomic E-state index is 12.4. The number of esters is 4. The Morgan fingerprint density at radius 3 is 1.30 bits per heavy atom. The lowest BCUT2D eigenvalue weighted by Crippen LogP contribution is -2.31. The number of nitrogens with two attached hydrogens (primary N) is 2. The van der Waals surface area contributed by atoms with Gasteiger partial charge in [0.05, 0.1) is 24.0 Å². The number of ether oxygens (including phenoxy) is 2. The minimum absolute atomic E-state index is 0.195. The minimum atomic E-state index is -0.868. The number of hydrogen-bond acceptors (Lipinski definition) is 12. The van der Waals surface area contributed by atoms with E-state index < -0.39 is 58.7 Å². The average Bonchev–Trinajstić information content (AvgIpc) is 2.94. The van der Waals surface area contributed by atoms with Crippen LogP contribution in [0.3, 0.4) is 0 Å². The van der Waals surface area contributed by atoms with Gasteiger partial charge in [0, 0.05) is 13.1 Å². The van der Waals surface area contributed by atoms with Crippen LogP contribution in [0.15, 0.2) is 60.7 Å². The van der Waals surface area contributed by atoms with Crippen LogP contribution in [0, 0.1) is 0 Å². The normalized spacial score (nSPS) is 10.2. The lowest BCUT2D eigenvalue weighted by molar-refractivity contribution is -0.138. The Hall–Kier alpha value is -5.66. The van der Waals surface area contributed by atoms with E-state index in [0.29, 0.717) is 0 Å². The number of amides is 2. The highest BCUT2D eigenvalue weighted by atomic mass is 16.6. The van der Waals surface area contributed by atoms with Gasteiger partial charge >= 0.3 is 23.9 Å². The molecule has 0 saturated carbocycles. The van der Waals surface area contributed by atoms with Gasteiger partial charge in [-0.05, 0) is 24.3 Å². The number of carbonyl (C=O) groups excluding carboxylic acids is 6. The first-order valence-corrected chi connectivity index (χ1v) is 11.7. The standard InChI is InChI=1S/C26H24N6O8/c27-21-19(23(35)29-13-11-17(33)39-25(37)15-7-3-1-4-8-15)31-22(28)20(32-21)24(36)30-14-12-18(34)40-26(38)16-9-5-2-6-10-16/h1-10H,11-14H2,(H2,28,31)(H2,27,32)(H,29,35)(H,30,36). The third-order valence-electron chi connectivity index (χ3n) is 5.04. The van der Waals surface area contributed by atoms with Crippen molar-refractivity contribution in [2.75, 3.05) is 24.6 Å². The van der Waals surface area contributed by atoms with E-state index in [1.54, 1.807) is 36.4 Å². The number of nitrogen functional groups attached to an aromatic ring is 2. The van der Waals surface area contributed by atoms with Crippen molar-refractivity contribution in [1.29, 1.82) is 0 Å². The molecule has 0 aliphatic heterocycles. The molecule has 0 unspecified atom stereocenters. The summed E-state index contributed by atoms with van der Waals surface area (Å²) in [6.07, 6.45) is -0.653. The van der Waals surface area contributed by atoms with Gasteiger partial charge in [-0.15, -0.1) is 0 Å². The Kier molecular flexibility index (Phi) is 9.94. The Bertz CT molecular complexity index is 1320. The minimum Gasteiger partial charge on any atom is -0.389 e. The van der Waals surface area contributed by atoms with Crippen molar-refractivity contribution < 1.29 is 38.2 Å². The fourth-order valence-corrected chi connectivity index (χ4v) is 3.09. The van der Waals surface area contributed by atoms with Gasteiger partial charge in [0.25, 0.3) is 11.8 Å². The van der Waals surface area contributed by atoms with Crippen LogP contribution in [0.5, 0.6) is 0 Å². The first-order valence-electron chi connectivity index (χ1n) is 11.7. The SMILES string of the molecule is Nc1nc(C(=O)NCCC(=O)OC(=O)c2ccccc2)c(N)nc1C(=O)NCCC(=O)OC(=O)c1ccccc1. The van der Waals surface area contributed by atoms with Crippen molar-refractivity contribution in [3.63, 3.8) is 0 Å². The smallest absolute Gasteiger partial charge is 0.345 e. The summed E-state index contributed by atoms with van der Waals surface area (Å²) in [5, 5.41) is 4.73. The molecule has 0 radical (unpaired) electrons. The predicted molar refractivity (Wildman–Crippen MR) is 138 cm³/mol. The Morgan fingerprint density at radius 1 is 0.600 bits per heavy atom. The summed E-state index contributed by atoms with van der Waals surface area (Å²) in [6.45, 7) is -0.433. The third kappa shape index (κ3) is 8.17. The topological polar surface area (TPSA) is 223 Å². The second-order valence-corrected chi connectivity index (χ2v) is 7.96. The molecule has 0 atom stereocenters. The molecule has 3 aromatic rings. The van der Waals surface area contributed by atoms with Crippen molar-refractivity contribution in [3.05, 3.63) is 83.2 Å². The van der Waals surface area contributed by atoms with Gasteiger partial charge in [0.1, 0.15) is 0 Å². The highest BCUT2D eigenvalue weighted by Gasteiger charge is 2.21. The van der Waals surface area contributed by atoms with Gasteiger partial charge in [-0.1, -0.05) is 36.4 Å². The molecule has 0 bridgehead atoms. The molecule has 40 heavy (non-hydrogen) atoms. The lowest BCUT2D eigenvalue weighted by atomic mass is 10.2. The predicted octanol–water partition coefficient (Wildman–Crippen LogP) is 0.648. The number of nitrogens with one attached hydrogen (secondary N) is 2. The molecule has 0 fully saturated rings. The number of nitrogens with zero attached hydrogens (tertiary/aromatic N) is 2. The Morgan fingerprint density at radius 2 is 0.950 bits per heavy atom. The summed E-state index contributed by atoms with van der Waals surface area (Å²) < 4.78 is 9.41. The zero-order chi connectivity index (χ0) is 29.1. The summed E-state index contributed by atoms with van der Waals surface area (Å²) in [7, 11) is 0. The zero-order valence-electron chi connectivity index (χ0n) is 20.9. The Labute approximate surface area is 227 Å². The molecule has 206 valence electrons. The molecule has 3 rings (SSSR count). The second kappa shape index (κ2) is 13.8. The van der Waals surface area contributed by atoms with Crippen LogP contribution in [0.1, 0.15) is 54.5 Å². The zero-order valence-corrected chi connectivity index (χ0v) is 20.9. The van der Waals surface area contributed by atoms with Gasteiger partial charge in [-0.25, -0.2) is 19.6 Å². The highest BCUT2D eigenvalue weighted by Crippen LogP contribution is 2.13. The van der Waals surface area contributed by atoms with Crippen LogP contribution >= 0.6 is 0 Å². The quantitative estimate of drug-likeness (QED) is 0.202. The molecular weight excluding hydrogens is 524 g/mol. The number of hydrogen-bond donors (Lipinski definition) is 4. The van der Waals surface area contributed by atoms with Crippen LogP contribution < -0.4 is 22.1 Å². The third-order valence-corrected chi connectivity index (χ3v) is 5.04. The molecule has 14 heteroatoms. The first-order chi connectivity index (χ1) is 19.2. The molecule has 1 aromatic heterocycles. The van der Waals surface area contributed by atoms with Crippen molar-refractivity contribution in [3.8, 4) is 0 Å². The number of rotatable bonds is 10. The van der Waals surface area contributed by atoms with Crippen LogP contribution in [-0.4, -0.2) is 58.7 Å². The van der Waals surface area contributed by atoms with Crippen molar-refractivity contribution in [1.82, 2.24) is 20.6 Å². The van der Waals surface area contributed by atoms with Gasteiger partial charge in [0.2, 0.25) is 0 Å². The Balaban J connectivity index is 1.45. The molecule has 0 saturated heterocycles. The second-order valence-electron chi connectivity index (χ2n) is 7.96. The van der Waals surface area contributed by atoms with E-state index in [2.05, 4.69) is 20.6 Å². The van der Waals surface area contributed by atoms with Crippen molar-refractivity contribution in [2.24, 2.45) is 0 Å². The molecule has 14 nitrogen and oxygen atoms in total. The molecule has 0 aliphatic carbocycles. The first kappa shape index (κ1) is 28.9. The van der Waals surface area contributed by atoms with Crippen molar-refractivity contribution in [2.45, 2.75) is 12.8 Å². The lowest BCUT2D eigenvalue weighted by Gasteiger charge is -2.10. The van der Waals surface area contributed by atoms with E-state index in [1.165, 1.54) is 24.3 Å². The van der Waals surface area contributed by atoms with Crippen LogP contribution in [0.2, 0.25) is 0 Å². The van der Waals surface area contributed by atoms with Crippen LogP contribution in [0.4, 0.5) is 11.6 Å².